The lowest BCUT2D eigenvalue weighted by Crippen LogP contribution is -2.37. The molecule has 0 saturated carbocycles. The van der Waals surface area contributed by atoms with Crippen LogP contribution in [0.5, 0.6) is 0 Å². The number of aromatic nitrogens is 2. The van der Waals surface area contributed by atoms with Crippen molar-refractivity contribution in [2.24, 2.45) is 0 Å². The van der Waals surface area contributed by atoms with Crippen molar-refractivity contribution in [2.75, 3.05) is 9.80 Å². The average Bonchev–Trinajstić information content (AvgIpc) is 1.50. The number of hydrogen-bond donors (Lipinski definition) is 0. The van der Waals surface area contributed by atoms with Crippen molar-refractivity contribution < 1.29 is 8.83 Å². The third-order valence-corrected chi connectivity index (χ3v) is 21.2. The molecule has 6 nitrogen and oxygen atoms in total. The van der Waals surface area contributed by atoms with Gasteiger partial charge in [0.15, 0.2) is 11.2 Å². The summed E-state index contributed by atoms with van der Waals surface area (Å²) in [6, 6.07) is 98.2. The minimum Gasteiger partial charge on any atom is -0.454 e. The number of hydrogen-bond acceptors (Lipinski definition) is 4. The lowest BCUT2D eigenvalue weighted by atomic mass is 9.89. The zero-order valence-electron chi connectivity index (χ0n) is 49.5. The fourth-order valence-electron chi connectivity index (χ4n) is 15.6. The average molecular weight is 1160 g/mol. The molecule has 0 aliphatic carbocycles. The van der Waals surface area contributed by atoms with Crippen LogP contribution in [0.4, 0.5) is 34.1 Å². The highest BCUT2D eigenvalue weighted by Crippen LogP contribution is 2.57. The molecule has 0 N–H and O–H groups in total. The molecule has 13 aromatic carbocycles. The van der Waals surface area contributed by atoms with Crippen molar-refractivity contribution >= 4 is 167 Å². The Morgan fingerprint density at radius 1 is 0.292 bits per heavy atom. The minimum absolute atomic E-state index is 0.860. The van der Waals surface area contributed by atoms with Gasteiger partial charge in [-0.2, -0.15) is 0 Å². The van der Waals surface area contributed by atoms with Gasteiger partial charge in [0.05, 0.1) is 63.9 Å². The van der Waals surface area contributed by atoms with E-state index in [2.05, 4.69) is 312 Å². The maximum atomic E-state index is 7.25. The maximum Gasteiger partial charge on any atom is 0.159 e. The van der Waals surface area contributed by atoms with Gasteiger partial charge in [0.25, 0.3) is 0 Å². The number of fused-ring (bicyclic) bond motifs is 18. The highest BCUT2D eigenvalue weighted by Gasteiger charge is 2.34. The first kappa shape index (κ1) is 50.1. The van der Waals surface area contributed by atoms with E-state index in [-0.39, 0.29) is 0 Å². The van der Waals surface area contributed by atoms with Crippen LogP contribution in [0, 0.1) is 6.92 Å². The first-order chi connectivity index (χ1) is 43.8. The maximum absolute atomic E-state index is 7.25. The molecule has 7 heteroatoms. The van der Waals surface area contributed by atoms with E-state index in [0.29, 0.717) is 0 Å². The first-order valence-electron chi connectivity index (χ1n) is 30.8. The molecule has 0 fully saturated rings. The fourth-order valence-corrected chi connectivity index (χ4v) is 17.0. The Bertz CT molecular complexity index is 6090. The Kier molecular flexibility index (Phi) is 10.4. The van der Waals surface area contributed by atoms with Crippen molar-refractivity contribution in [3.63, 3.8) is 0 Å². The van der Waals surface area contributed by atoms with Gasteiger partial charge in [-0.25, -0.2) is 0 Å². The predicted octanol–water partition coefficient (Wildman–Crippen LogP) is 22.9. The number of rotatable bonds is 9. The zero-order valence-corrected chi connectivity index (χ0v) is 50.5. The van der Waals surface area contributed by atoms with E-state index in [1.54, 1.807) is 0 Å². The SMILES string of the molecule is Cc1cccc2c1oc1c(N(c3ccccc3)c3cccc4c3c3cccc5c6c(-c7ccccc7)c7c(c(-c8ccccc8)c6n4c35)c3cccc4c5c(N(c6ccccc6)c6cccc8c6oc6c([Si](C)(C)C)cccc68)cccc5n7c43)cccc12. The Hall–Kier alpha value is -11.1. The number of benzene rings is 13. The molecule has 6 heterocycles. The van der Waals surface area contributed by atoms with E-state index in [0.717, 1.165) is 106 Å². The summed E-state index contributed by atoms with van der Waals surface area (Å²) in [5.74, 6) is 0. The zero-order chi connectivity index (χ0) is 59.0. The van der Waals surface area contributed by atoms with Crippen LogP contribution in [0.3, 0.4) is 0 Å². The van der Waals surface area contributed by atoms with Gasteiger partial charge in [-0.05, 0) is 89.5 Å². The predicted molar refractivity (Wildman–Crippen MR) is 378 cm³/mol. The normalized spacial score (nSPS) is 12.5. The molecule has 89 heavy (non-hydrogen) atoms. The third-order valence-electron chi connectivity index (χ3n) is 19.1. The van der Waals surface area contributed by atoms with Crippen LogP contribution in [0.1, 0.15) is 5.56 Å². The van der Waals surface area contributed by atoms with Crippen molar-refractivity contribution in [3.05, 3.63) is 272 Å². The molecular formula is C82H56N4O2Si. The molecule has 19 rings (SSSR count). The minimum atomic E-state index is -1.79. The Balaban J connectivity index is 0.951. The summed E-state index contributed by atoms with van der Waals surface area (Å²) in [5, 5.41) is 15.4. The lowest BCUT2D eigenvalue weighted by molar-refractivity contribution is 0.666. The van der Waals surface area contributed by atoms with Crippen LogP contribution in [0.15, 0.2) is 276 Å². The van der Waals surface area contributed by atoms with Crippen LogP contribution >= 0.6 is 0 Å². The van der Waals surface area contributed by atoms with E-state index in [1.807, 2.05) is 0 Å². The van der Waals surface area contributed by atoms with Crippen LogP contribution in [-0.4, -0.2) is 16.9 Å². The molecule has 0 atom stereocenters. The number of anilines is 6. The second-order valence-corrected chi connectivity index (χ2v) is 30.1. The van der Waals surface area contributed by atoms with Crippen LogP contribution in [0.2, 0.25) is 19.6 Å². The summed E-state index contributed by atoms with van der Waals surface area (Å²) in [6.45, 7) is 9.35. The van der Waals surface area contributed by atoms with E-state index >= 15 is 0 Å². The molecule has 0 aliphatic rings. The van der Waals surface area contributed by atoms with Gasteiger partial charge in [0, 0.05) is 87.1 Å². The summed E-state index contributed by atoms with van der Waals surface area (Å²) in [4.78, 5) is 4.87. The van der Waals surface area contributed by atoms with Gasteiger partial charge in [0.1, 0.15) is 11.2 Å². The van der Waals surface area contributed by atoms with E-state index in [4.69, 9.17) is 8.83 Å². The molecule has 0 amide bonds. The molecule has 0 spiro atoms. The molecule has 0 radical (unpaired) electrons. The van der Waals surface area contributed by atoms with Gasteiger partial charge in [-0.3, -0.25) is 0 Å². The molecule has 0 bridgehead atoms. The largest absolute Gasteiger partial charge is 0.454 e. The lowest BCUT2D eigenvalue weighted by Gasteiger charge is -2.26. The van der Waals surface area contributed by atoms with Gasteiger partial charge in [0.2, 0.25) is 0 Å². The molecular weight excluding hydrogens is 1100 g/mol. The topological polar surface area (TPSA) is 41.6 Å². The van der Waals surface area contributed by atoms with Gasteiger partial charge in [-0.1, -0.05) is 226 Å². The van der Waals surface area contributed by atoms with Gasteiger partial charge < -0.3 is 27.4 Å². The molecule has 19 aromatic rings. The van der Waals surface area contributed by atoms with Crippen molar-refractivity contribution in [1.82, 2.24) is 8.80 Å². The number of para-hydroxylation sites is 8. The van der Waals surface area contributed by atoms with E-state index < -0.39 is 8.07 Å². The van der Waals surface area contributed by atoms with Crippen LogP contribution in [0.25, 0.3) is 142 Å². The quantitative estimate of drug-likeness (QED) is 0.135. The van der Waals surface area contributed by atoms with Crippen molar-refractivity contribution in [1.29, 1.82) is 0 Å². The van der Waals surface area contributed by atoms with Gasteiger partial charge in [-0.15, -0.1) is 0 Å². The molecule has 420 valence electrons. The highest BCUT2D eigenvalue weighted by atomic mass is 28.3. The van der Waals surface area contributed by atoms with Crippen LogP contribution < -0.4 is 15.0 Å². The Morgan fingerprint density at radius 3 is 1.10 bits per heavy atom. The number of furan rings is 2. The first-order valence-corrected chi connectivity index (χ1v) is 34.3. The number of nitrogens with zero attached hydrogens (tertiary/aromatic N) is 4. The Morgan fingerprint density at radius 2 is 0.640 bits per heavy atom. The Labute approximate surface area is 513 Å². The van der Waals surface area contributed by atoms with E-state index in [1.165, 1.54) is 81.5 Å². The second-order valence-electron chi connectivity index (χ2n) is 25.1. The summed E-state index contributed by atoms with van der Waals surface area (Å²) in [6.07, 6.45) is 0. The fraction of sp³-hybridized carbons (Fsp3) is 0.0488. The molecule has 6 aromatic heterocycles. The molecule has 0 aliphatic heterocycles. The molecule has 0 unspecified atom stereocenters. The summed E-state index contributed by atoms with van der Waals surface area (Å²) in [7, 11) is -1.79. The highest BCUT2D eigenvalue weighted by molar-refractivity contribution is 6.90. The summed E-state index contributed by atoms with van der Waals surface area (Å²) < 4.78 is 19.5. The second kappa shape index (κ2) is 18.5. The smallest absolute Gasteiger partial charge is 0.159 e. The van der Waals surface area contributed by atoms with Crippen molar-refractivity contribution in [2.45, 2.75) is 26.6 Å². The van der Waals surface area contributed by atoms with Crippen molar-refractivity contribution in [3.8, 4) is 22.3 Å². The standard InChI is InChI=1S/C82H56N4O2Si/c1-49-25-17-34-54-55-35-20-46-66(80(55)87-79(49)54)83(52-30-13-7-14-31-52)62-42-23-44-64-71(62)58-38-18-40-60-73-70(51-28-11-6-12-29-51)78-74(69(50-26-9-5-10-27-50)77(73)85(64)75(58)60)61-41-19-39-59-72-63(43-24-45-65(72)86(78)76(59)61)84(53-32-15-8-16-33-53)67-47-21-36-56-57-37-22-48-68(89(2,3)4)82(57)88-81(56)67/h5-48H,1-4H3. The molecule has 0 saturated heterocycles. The van der Waals surface area contributed by atoms with Crippen LogP contribution in [-0.2, 0) is 0 Å². The van der Waals surface area contributed by atoms with Gasteiger partial charge >= 0.3 is 0 Å². The third kappa shape index (κ3) is 6.85. The summed E-state index contributed by atoms with van der Waals surface area (Å²) >= 11 is 0. The monoisotopic (exact) mass is 1160 g/mol. The number of aryl methyl sites for hydroxylation is 1. The van der Waals surface area contributed by atoms with E-state index in [9.17, 15) is 0 Å². The summed E-state index contributed by atoms with van der Waals surface area (Å²) in [5.41, 5.74) is 22.8.